The van der Waals surface area contributed by atoms with E-state index in [4.69, 9.17) is 18.0 Å². The van der Waals surface area contributed by atoms with Gasteiger partial charge in [0.1, 0.15) is 0 Å². The maximum absolute atomic E-state index is 12.0. The number of hydrogen-bond acceptors (Lipinski definition) is 1. The van der Waals surface area contributed by atoms with Gasteiger partial charge in [-0.2, -0.15) is 0 Å². The number of amides is 1. The lowest BCUT2D eigenvalue weighted by molar-refractivity contribution is 0.0777. The van der Waals surface area contributed by atoms with Crippen LogP contribution in [0.15, 0.2) is 24.3 Å². The molecule has 1 aromatic rings. The summed E-state index contributed by atoms with van der Waals surface area (Å²) in [5.74, 6) is 2.45. The highest BCUT2D eigenvalue weighted by Crippen LogP contribution is 2.11. The van der Waals surface area contributed by atoms with E-state index >= 15 is 0 Å². The van der Waals surface area contributed by atoms with Crippen molar-refractivity contribution >= 4 is 17.5 Å². The van der Waals surface area contributed by atoms with Gasteiger partial charge >= 0.3 is 0 Å². The lowest BCUT2D eigenvalue weighted by atomic mass is 10.2. The SMILES string of the molecule is C#CCN(CCC)C(=O)c1ccc(Cl)cc1. The average molecular weight is 236 g/mol. The molecule has 0 heterocycles. The summed E-state index contributed by atoms with van der Waals surface area (Å²) in [5, 5.41) is 0.621. The molecule has 0 bridgehead atoms. The first kappa shape index (κ1) is 12.6. The van der Waals surface area contributed by atoms with Crippen LogP contribution in [0.2, 0.25) is 5.02 Å². The summed E-state index contributed by atoms with van der Waals surface area (Å²) in [4.78, 5) is 13.7. The number of carbonyl (C=O) groups is 1. The smallest absolute Gasteiger partial charge is 0.254 e. The topological polar surface area (TPSA) is 20.3 Å². The predicted octanol–water partition coefficient (Wildman–Crippen LogP) is 2.83. The second kappa shape index (κ2) is 6.19. The quantitative estimate of drug-likeness (QED) is 0.735. The largest absolute Gasteiger partial charge is 0.328 e. The normalized spacial score (nSPS) is 9.56. The van der Waals surface area contributed by atoms with Gasteiger partial charge in [-0.1, -0.05) is 24.4 Å². The summed E-state index contributed by atoms with van der Waals surface area (Å²) in [6.45, 7) is 3.03. The molecule has 0 unspecified atom stereocenters. The minimum absolute atomic E-state index is 0.0449. The summed E-state index contributed by atoms with van der Waals surface area (Å²) < 4.78 is 0. The number of nitrogens with zero attached hydrogens (tertiary/aromatic N) is 1. The van der Waals surface area contributed by atoms with Gasteiger partial charge in [-0.3, -0.25) is 4.79 Å². The number of halogens is 1. The third-order valence-corrected chi connectivity index (χ3v) is 2.41. The summed E-state index contributed by atoms with van der Waals surface area (Å²) in [6.07, 6.45) is 6.12. The molecule has 3 heteroatoms. The Morgan fingerprint density at radius 3 is 2.56 bits per heavy atom. The van der Waals surface area contributed by atoms with Gasteiger partial charge in [0.2, 0.25) is 0 Å². The van der Waals surface area contributed by atoms with Gasteiger partial charge in [-0.05, 0) is 30.7 Å². The molecule has 1 rings (SSSR count). The Kier molecular flexibility index (Phi) is 4.88. The van der Waals surface area contributed by atoms with Crippen LogP contribution in [-0.4, -0.2) is 23.9 Å². The monoisotopic (exact) mass is 235 g/mol. The molecule has 0 aliphatic rings. The number of terminal acetylenes is 1. The zero-order valence-corrected chi connectivity index (χ0v) is 10.00. The van der Waals surface area contributed by atoms with Crippen molar-refractivity contribution in [1.82, 2.24) is 4.90 Å². The Hall–Kier alpha value is -1.46. The zero-order valence-electron chi connectivity index (χ0n) is 9.24. The Bertz CT molecular complexity index is 391. The van der Waals surface area contributed by atoms with Gasteiger partial charge < -0.3 is 4.90 Å². The van der Waals surface area contributed by atoms with Crippen molar-refractivity contribution in [2.24, 2.45) is 0 Å². The van der Waals surface area contributed by atoms with Gasteiger partial charge in [0.05, 0.1) is 6.54 Å². The van der Waals surface area contributed by atoms with Crippen molar-refractivity contribution in [1.29, 1.82) is 0 Å². The third-order valence-electron chi connectivity index (χ3n) is 2.15. The van der Waals surface area contributed by atoms with Gasteiger partial charge in [-0.25, -0.2) is 0 Å². The zero-order chi connectivity index (χ0) is 12.0. The minimum Gasteiger partial charge on any atom is -0.328 e. The third kappa shape index (κ3) is 3.29. The van der Waals surface area contributed by atoms with E-state index in [-0.39, 0.29) is 5.91 Å². The highest BCUT2D eigenvalue weighted by atomic mass is 35.5. The van der Waals surface area contributed by atoms with Crippen LogP contribution in [0, 0.1) is 12.3 Å². The van der Waals surface area contributed by atoms with Gasteiger partial charge in [-0.15, -0.1) is 6.42 Å². The van der Waals surface area contributed by atoms with E-state index in [1.54, 1.807) is 29.2 Å². The molecule has 0 radical (unpaired) electrons. The molecule has 2 nitrogen and oxygen atoms in total. The van der Waals surface area contributed by atoms with E-state index in [1.807, 2.05) is 6.92 Å². The van der Waals surface area contributed by atoms with Crippen LogP contribution in [-0.2, 0) is 0 Å². The van der Waals surface area contributed by atoms with Crippen LogP contribution in [0.4, 0.5) is 0 Å². The molecule has 0 aliphatic heterocycles. The lowest BCUT2D eigenvalue weighted by Gasteiger charge is -2.19. The molecule has 1 aromatic carbocycles. The standard InChI is InChI=1S/C13H14ClNO/c1-3-9-15(10-4-2)13(16)11-5-7-12(14)8-6-11/h1,5-8H,4,9-10H2,2H3. The van der Waals surface area contributed by atoms with E-state index < -0.39 is 0 Å². The summed E-state index contributed by atoms with van der Waals surface area (Å²) >= 11 is 5.76. The van der Waals surface area contributed by atoms with Crippen LogP contribution < -0.4 is 0 Å². The number of benzene rings is 1. The maximum atomic E-state index is 12.0. The molecular formula is C13H14ClNO. The van der Waals surface area contributed by atoms with Gasteiger partial charge in [0, 0.05) is 17.1 Å². The molecule has 1 amide bonds. The molecular weight excluding hydrogens is 222 g/mol. The first-order valence-corrected chi connectivity index (χ1v) is 5.55. The van der Waals surface area contributed by atoms with E-state index in [0.29, 0.717) is 23.7 Å². The molecule has 84 valence electrons. The number of hydrogen-bond donors (Lipinski definition) is 0. The van der Waals surface area contributed by atoms with E-state index in [0.717, 1.165) is 6.42 Å². The maximum Gasteiger partial charge on any atom is 0.254 e. The molecule has 0 spiro atoms. The molecule has 0 aromatic heterocycles. The van der Waals surface area contributed by atoms with Gasteiger partial charge in [0.25, 0.3) is 5.91 Å². The number of carbonyl (C=O) groups excluding carboxylic acids is 1. The van der Waals surface area contributed by atoms with Crippen LogP contribution in [0.3, 0.4) is 0 Å². The van der Waals surface area contributed by atoms with Crippen LogP contribution in [0.1, 0.15) is 23.7 Å². The summed E-state index contributed by atoms with van der Waals surface area (Å²) in [7, 11) is 0. The molecule has 0 aliphatic carbocycles. The van der Waals surface area contributed by atoms with E-state index in [1.165, 1.54) is 0 Å². The van der Waals surface area contributed by atoms with Crippen LogP contribution in [0.5, 0.6) is 0 Å². The average Bonchev–Trinajstić information content (AvgIpc) is 2.29. The first-order chi connectivity index (χ1) is 7.69. The van der Waals surface area contributed by atoms with Crippen LogP contribution in [0.25, 0.3) is 0 Å². The Morgan fingerprint density at radius 2 is 2.06 bits per heavy atom. The van der Waals surface area contributed by atoms with Crippen molar-refractivity contribution in [3.8, 4) is 12.3 Å². The Balaban J connectivity index is 2.82. The molecule has 0 saturated carbocycles. The molecule has 16 heavy (non-hydrogen) atoms. The summed E-state index contributed by atoms with van der Waals surface area (Å²) in [6, 6.07) is 6.83. The Morgan fingerprint density at radius 1 is 1.44 bits per heavy atom. The Labute approximate surface area is 101 Å². The second-order valence-corrected chi connectivity index (χ2v) is 3.87. The molecule has 0 N–H and O–H groups in total. The van der Waals surface area contributed by atoms with E-state index in [2.05, 4.69) is 5.92 Å². The number of rotatable bonds is 4. The fraction of sp³-hybridized carbons (Fsp3) is 0.308. The van der Waals surface area contributed by atoms with Crippen molar-refractivity contribution in [2.75, 3.05) is 13.1 Å². The highest BCUT2D eigenvalue weighted by Gasteiger charge is 2.13. The first-order valence-electron chi connectivity index (χ1n) is 5.17. The van der Waals surface area contributed by atoms with Crippen LogP contribution >= 0.6 is 11.6 Å². The molecule has 0 fully saturated rings. The van der Waals surface area contributed by atoms with Gasteiger partial charge in [0.15, 0.2) is 0 Å². The predicted molar refractivity (Wildman–Crippen MR) is 66.5 cm³/mol. The fourth-order valence-electron chi connectivity index (χ4n) is 1.41. The summed E-state index contributed by atoms with van der Waals surface area (Å²) in [5.41, 5.74) is 0.619. The fourth-order valence-corrected chi connectivity index (χ4v) is 1.53. The van der Waals surface area contributed by atoms with Crippen molar-refractivity contribution in [3.63, 3.8) is 0 Å². The molecule has 0 saturated heterocycles. The van der Waals surface area contributed by atoms with Crippen molar-refractivity contribution < 1.29 is 4.79 Å². The van der Waals surface area contributed by atoms with Crippen molar-refractivity contribution in [3.05, 3.63) is 34.9 Å². The minimum atomic E-state index is -0.0449. The molecule has 0 atom stereocenters. The second-order valence-electron chi connectivity index (χ2n) is 3.44. The lowest BCUT2D eigenvalue weighted by Crippen LogP contribution is -2.32. The highest BCUT2D eigenvalue weighted by molar-refractivity contribution is 6.30. The van der Waals surface area contributed by atoms with Crippen molar-refractivity contribution in [2.45, 2.75) is 13.3 Å². The van der Waals surface area contributed by atoms with E-state index in [9.17, 15) is 4.79 Å².